The molecule has 1 amide bonds. The Balaban J connectivity index is 1.32. The minimum absolute atomic E-state index is 0.0870. The predicted molar refractivity (Wildman–Crippen MR) is 99.9 cm³/mol. The zero-order valence-electron chi connectivity index (χ0n) is 15.8. The molecule has 26 heavy (non-hydrogen) atoms. The summed E-state index contributed by atoms with van der Waals surface area (Å²) >= 11 is 0. The largest absolute Gasteiger partial charge is 0.372 e. The third kappa shape index (κ3) is 3.95. The summed E-state index contributed by atoms with van der Waals surface area (Å²) < 4.78 is 11.8. The smallest absolute Gasteiger partial charge is 0.251 e. The molecule has 3 aliphatic heterocycles. The van der Waals surface area contributed by atoms with E-state index < -0.39 is 0 Å². The number of piperidine rings is 1. The SMILES string of the molecule is Cc1ccc(CN2CCOC3(CCN(C(=O)[C@@H]4CCCO4)CC3)C2)cc1. The van der Waals surface area contributed by atoms with Crippen molar-refractivity contribution in [3.63, 3.8) is 0 Å². The molecule has 0 unspecified atom stereocenters. The molecule has 0 bridgehead atoms. The number of nitrogens with zero attached hydrogens (tertiary/aromatic N) is 2. The van der Waals surface area contributed by atoms with Crippen LogP contribution in [-0.4, -0.2) is 66.8 Å². The van der Waals surface area contributed by atoms with Gasteiger partial charge in [-0.2, -0.15) is 0 Å². The molecule has 1 aromatic carbocycles. The van der Waals surface area contributed by atoms with Gasteiger partial charge in [0.25, 0.3) is 5.91 Å². The number of morpholine rings is 1. The van der Waals surface area contributed by atoms with Crippen LogP contribution < -0.4 is 0 Å². The van der Waals surface area contributed by atoms with Gasteiger partial charge < -0.3 is 14.4 Å². The highest BCUT2D eigenvalue weighted by molar-refractivity contribution is 5.81. The molecule has 4 rings (SSSR count). The number of likely N-dealkylation sites (tertiary alicyclic amines) is 1. The van der Waals surface area contributed by atoms with E-state index in [1.165, 1.54) is 11.1 Å². The zero-order valence-corrected chi connectivity index (χ0v) is 15.8. The van der Waals surface area contributed by atoms with Gasteiger partial charge in [0.05, 0.1) is 12.2 Å². The summed E-state index contributed by atoms with van der Waals surface area (Å²) in [7, 11) is 0. The van der Waals surface area contributed by atoms with Crippen molar-refractivity contribution in [1.29, 1.82) is 0 Å². The minimum atomic E-state index is -0.200. The molecule has 142 valence electrons. The first-order chi connectivity index (χ1) is 12.6. The summed E-state index contributed by atoms with van der Waals surface area (Å²) in [5.41, 5.74) is 2.57. The standard InChI is InChI=1S/C21H30N2O3/c1-17-4-6-18(7-5-17)15-22-12-14-26-21(16-22)8-10-23(11-9-21)20(24)19-3-2-13-25-19/h4-7,19H,2-3,8-16H2,1H3/t19-/m0/s1. The summed E-state index contributed by atoms with van der Waals surface area (Å²) in [6.45, 7) is 8.13. The van der Waals surface area contributed by atoms with E-state index in [4.69, 9.17) is 9.47 Å². The Morgan fingerprint density at radius 3 is 2.62 bits per heavy atom. The quantitative estimate of drug-likeness (QED) is 0.832. The van der Waals surface area contributed by atoms with Gasteiger partial charge in [-0.05, 0) is 38.2 Å². The number of carbonyl (C=O) groups excluding carboxylic acids is 1. The van der Waals surface area contributed by atoms with Crippen LogP contribution in [0.2, 0.25) is 0 Å². The summed E-state index contributed by atoms with van der Waals surface area (Å²) in [6.07, 6.45) is 3.53. The number of ether oxygens (including phenoxy) is 2. The molecule has 5 nitrogen and oxygen atoms in total. The van der Waals surface area contributed by atoms with Crippen molar-refractivity contribution >= 4 is 5.91 Å². The second kappa shape index (κ2) is 7.67. The number of carbonyl (C=O) groups is 1. The normalized spacial score (nSPS) is 26.3. The van der Waals surface area contributed by atoms with Crippen LogP contribution in [0, 0.1) is 6.92 Å². The van der Waals surface area contributed by atoms with E-state index in [0.29, 0.717) is 0 Å². The number of hydrogen-bond acceptors (Lipinski definition) is 4. The first-order valence-corrected chi connectivity index (χ1v) is 9.96. The molecule has 0 aliphatic carbocycles. The van der Waals surface area contributed by atoms with E-state index in [0.717, 1.165) is 71.6 Å². The molecule has 0 radical (unpaired) electrons. The lowest BCUT2D eigenvalue weighted by Gasteiger charge is -2.47. The average molecular weight is 358 g/mol. The highest BCUT2D eigenvalue weighted by Crippen LogP contribution is 2.31. The Hall–Kier alpha value is -1.43. The molecule has 5 heteroatoms. The van der Waals surface area contributed by atoms with Crippen LogP contribution in [0.15, 0.2) is 24.3 Å². The van der Waals surface area contributed by atoms with Crippen LogP contribution in [0.25, 0.3) is 0 Å². The summed E-state index contributed by atoms with van der Waals surface area (Å²) in [4.78, 5) is 17.0. The Morgan fingerprint density at radius 2 is 1.92 bits per heavy atom. The van der Waals surface area contributed by atoms with Crippen LogP contribution in [0.1, 0.15) is 36.8 Å². The maximum absolute atomic E-state index is 12.6. The number of benzene rings is 1. The lowest BCUT2D eigenvalue weighted by molar-refractivity contribution is -0.157. The average Bonchev–Trinajstić information content (AvgIpc) is 3.19. The Kier molecular flexibility index (Phi) is 5.30. The zero-order chi connectivity index (χ0) is 18.0. The van der Waals surface area contributed by atoms with Gasteiger partial charge >= 0.3 is 0 Å². The van der Waals surface area contributed by atoms with Gasteiger partial charge in [-0.25, -0.2) is 0 Å². The number of aryl methyl sites for hydroxylation is 1. The van der Waals surface area contributed by atoms with Crippen molar-refractivity contribution in [2.24, 2.45) is 0 Å². The Bertz CT molecular complexity index is 617. The molecule has 1 aromatic rings. The molecule has 1 atom stereocenters. The van der Waals surface area contributed by atoms with Crippen molar-refractivity contribution in [1.82, 2.24) is 9.80 Å². The van der Waals surface area contributed by atoms with Crippen molar-refractivity contribution in [3.05, 3.63) is 35.4 Å². The number of rotatable bonds is 3. The number of hydrogen-bond donors (Lipinski definition) is 0. The maximum Gasteiger partial charge on any atom is 0.251 e. The van der Waals surface area contributed by atoms with E-state index in [-0.39, 0.29) is 17.6 Å². The van der Waals surface area contributed by atoms with E-state index in [9.17, 15) is 4.79 Å². The molecule has 3 heterocycles. The van der Waals surface area contributed by atoms with Crippen molar-refractivity contribution < 1.29 is 14.3 Å². The van der Waals surface area contributed by atoms with Crippen molar-refractivity contribution in [2.75, 3.05) is 39.4 Å². The second-order valence-corrected chi connectivity index (χ2v) is 8.05. The van der Waals surface area contributed by atoms with E-state index in [1.54, 1.807) is 0 Å². The Labute approximate surface area is 156 Å². The van der Waals surface area contributed by atoms with Crippen LogP contribution >= 0.6 is 0 Å². The molecule has 0 saturated carbocycles. The fraction of sp³-hybridized carbons (Fsp3) is 0.667. The van der Waals surface area contributed by atoms with Crippen molar-refractivity contribution in [2.45, 2.75) is 50.9 Å². The monoisotopic (exact) mass is 358 g/mol. The van der Waals surface area contributed by atoms with Crippen LogP contribution in [0.3, 0.4) is 0 Å². The molecule has 3 fully saturated rings. The van der Waals surface area contributed by atoms with Crippen molar-refractivity contribution in [3.8, 4) is 0 Å². The van der Waals surface area contributed by atoms with Gasteiger partial charge in [0.2, 0.25) is 0 Å². The fourth-order valence-corrected chi connectivity index (χ4v) is 4.42. The molecule has 3 aliphatic rings. The first-order valence-electron chi connectivity index (χ1n) is 9.96. The molecule has 0 N–H and O–H groups in total. The third-order valence-corrected chi connectivity index (χ3v) is 6.05. The van der Waals surface area contributed by atoms with Gasteiger partial charge in [0.15, 0.2) is 0 Å². The van der Waals surface area contributed by atoms with E-state index in [1.807, 2.05) is 4.90 Å². The molecule has 3 saturated heterocycles. The molecular formula is C21H30N2O3. The molecule has 0 aromatic heterocycles. The number of amides is 1. The van der Waals surface area contributed by atoms with Crippen LogP contribution in [-0.2, 0) is 20.8 Å². The topological polar surface area (TPSA) is 42.0 Å². The second-order valence-electron chi connectivity index (χ2n) is 8.05. The lowest BCUT2D eigenvalue weighted by Crippen LogP contribution is -2.58. The highest BCUT2D eigenvalue weighted by atomic mass is 16.5. The Morgan fingerprint density at radius 1 is 1.15 bits per heavy atom. The molecular weight excluding hydrogens is 328 g/mol. The minimum Gasteiger partial charge on any atom is -0.372 e. The summed E-state index contributed by atoms with van der Waals surface area (Å²) in [5, 5.41) is 0. The summed E-state index contributed by atoms with van der Waals surface area (Å²) in [6, 6.07) is 8.81. The maximum atomic E-state index is 12.6. The van der Waals surface area contributed by atoms with Gasteiger partial charge in [-0.15, -0.1) is 0 Å². The van der Waals surface area contributed by atoms with Crippen LogP contribution in [0.5, 0.6) is 0 Å². The lowest BCUT2D eigenvalue weighted by atomic mass is 9.89. The fourth-order valence-electron chi connectivity index (χ4n) is 4.42. The van der Waals surface area contributed by atoms with E-state index in [2.05, 4.69) is 36.1 Å². The van der Waals surface area contributed by atoms with Crippen LogP contribution in [0.4, 0.5) is 0 Å². The first kappa shape index (κ1) is 18.0. The summed E-state index contributed by atoms with van der Waals surface area (Å²) in [5.74, 6) is 0.185. The van der Waals surface area contributed by atoms with Gasteiger partial charge in [-0.3, -0.25) is 9.69 Å². The third-order valence-electron chi connectivity index (χ3n) is 6.05. The highest BCUT2D eigenvalue weighted by Gasteiger charge is 2.41. The van der Waals surface area contributed by atoms with Gasteiger partial charge in [0, 0.05) is 39.3 Å². The van der Waals surface area contributed by atoms with Gasteiger partial charge in [0.1, 0.15) is 6.10 Å². The predicted octanol–water partition coefficient (Wildman–Crippen LogP) is 2.37. The van der Waals surface area contributed by atoms with E-state index >= 15 is 0 Å². The molecule has 1 spiro atoms. The van der Waals surface area contributed by atoms with Gasteiger partial charge in [-0.1, -0.05) is 29.8 Å².